The monoisotopic (exact) mass is 525 g/mol. The summed E-state index contributed by atoms with van der Waals surface area (Å²) in [5.74, 6) is -0.136. The number of thiazole rings is 1. The lowest BCUT2D eigenvalue weighted by Crippen LogP contribution is -2.28. The fraction of sp³-hybridized carbons (Fsp3) is 0.296. The summed E-state index contributed by atoms with van der Waals surface area (Å²) >= 11 is 13.6. The second-order valence-corrected chi connectivity index (χ2v) is 10.5. The molecule has 2 unspecified atom stereocenters. The minimum Gasteiger partial charge on any atom is -0.462 e. The third-order valence-corrected chi connectivity index (χ3v) is 8.00. The molecule has 8 heteroatoms. The molecule has 2 aliphatic rings. The Labute approximate surface area is 219 Å². The lowest BCUT2D eigenvalue weighted by Gasteiger charge is -2.29. The molecule has 0 saturated heterocycles. The first-order chi connectivity index (χ1) is 16.9. The number of carbonyl (C=O) groups excluding carboxylic acids is 1. The van der Waals surface area contributed by atoms with Crippen molar-refractivity contribution in [2.45, 2.75) is 39.2 Å². The third-order valence-electron chi connectivity index (χ3n) is 6.37. The summed E-state index contributed by atoms with van der Waals surface area (Å²) < 4.78 is 5.24. The van der Waals surface area contributed by atoms with E-state index in [4.69, 9.17) is 38.0 Å². The molecule has 1 aromatic heterocycles. The number of hydrogen-bond acceptors (Lipinski definition) is 6. The number of aromatic nitrogens is 1. The number of aryl methyl sites for hydroxylation is 1. The van der Waals surface area contributed by atoms with Crippen molar-refractivity contribution in [2.75, 3.05) is 11.6 Å². The minimum absolute atomic E-state index is 0.0308. The van der Waals surface area contributed by atoms with Crippen LogP contribution >= 0.6 is 34.5 Å². The number of esters is 1. The Kier molecular flexibility index (Phi) is 6.96. The molecule has 0 N–H and O–H groups in total. The van der Waals surface area contributed by atoms with E-state index in [0.29, 0.717) is 27.3 Å². The molecule has 2 atom stereocenters. The minimum atomic E-state index is -0.343. The summed E-state index contributed by atoms with van der Waals surface area (Å²) in [5.41, 5.74) is 5.19. The van der Waals surface area contributed by atoms with Gasteiger partial charge in [0.15, 0.2) is 0 Å². The van der Waals surface area contributed by atoms with E-state index < -0.39 is 0 Å². The maximum Gasteiger partial charge on any atom is 0.350 e. The summed E-state index contributed by atoms with van der Waals surface area (Å²) in [6.45, 7) is 3.97. The number of halogens is 2. The Balaban J connectivity index is 1.58. The van der Waals surface area contributed by atoms with Crippen LogP contribution in [0, 0.1) is 12.8 Å². The smallest absolute Gasteiger partial charge is 0.350 e. The SMILES string of the molecule is CCOC(=O)c1sc(N2N=C3/C(=C/c4ccc(Cl)cc4)CCCC3C2c2ccc(Cl)cc2)nc1C. The molecule has 2 aromatic carbocycles. The molecule has 180 valence electrons. The molecule has 1 aliphatic heterocycles. The molecule has 1 saturated carbocycles. The van der Waals surface area contributed by atoms with Crippen molar-refractivity contribution in [3.63, 3.8) is 0 Å². The number of anilines is 1. The van der Waals surface area contributed by atoms with Crippen LogP contribution in [-0.4, -0.2) is 23.3 Å². The number of carbonyl (C=O) groups is 1. The van der Waals surface area contributed by atoms with E-state index >= 15 is 0 Å². The van der Waals surface area contributed by atoms with Gasteiger partial charge in [-0.3, -0.25) is 0 Å². The number of fused-ring (bicyclic) bond motifs is 1. The summed E-state index contributed by atoms with van der Waals surface area (Å²) in [4.78, 5) is 17.7. The van der Waals surface area contributed by atoms with Crippen molar-refractivity contribution < 1.29 is 9.53 Å². The number of nitrogens with zero attached hydrogens (tertiary/aromatic N) is 3. The summed E-state index contributed by atoms with van der Waals surface area (Å²) in [5, 5.41) is 9.23. The summed E-state index contributed by atoms with van der Waals surface area (Å²) in [7, 11) is 0. The van der Waals surface area contributed by atoms with Crippen LogP contribution in [0.25, 0.3) is 6.08 Å². The number of benzene rings is 2. The predicted octanol–water partition coefficient (Wildman–Crippen LogP) is 7.74. The molecule has 5 nitrogen and oxygen atoms in total. The first kappa shape index (κ1) is 24.0. The molecular weight excluding hydrogens is 501 g/mol. The quantitative estimate of drug-likeness (QED) is 0.319. The van der Waals surface area contributed by atoms with Crippen molar-refractivity contribution in [1.29, 1.82) is 0 Å². The number of rotatable bonds is 5. The summed E-state index contributed by atoms with van der Waals surface area (Å²) in [6, 6.07) is 15.8. The largest absolute Gasteiger partial charge is 0.462 e. The van der Waals surface area contributed by atoms with Crippen molar-refractivity contribution in [1.82, 2.24) is 4.98 Å². The lowest BCUT2D eigenvalue weighted by molar-refractivity contribution is 0.0531. The molecule has 0 bridgehead atoms. The molecular formula is C27H25Cl2N3O2S. The molecule has 0 radical (unpaired) electrons. The van der Waals surface area contributed by atoms with E-state index in [0.717, 1.165) is 41.1 Å². The predicted molar refractivity (Wildman–Crippen MR) is 144 cm³/mol. The Hall–Kier alpha value is -2.67. The van der Waals surface area contributed by atoms with Crippen LogP contribution < -0.4 is 5.01 Å². The van der Waals surface area contributed by atoms with E-state index in [9.17, 15) is 4.79 Å². The van der Waals surface area contributed by atoms with E-state index in [2.05, 4.69) is 18.2 Å². The van der Waals surface area contributed by atoms with Gasteiger partial charge in [-0.15, -0.1) is 0 Å². The van der Waals surface area contributed by atoms with E-state index in [1.165, 1.54) is 16.9 Å². The van der Waals surface area contributed by atoms with Gasteiger partial charge in [0.25, 0.3) is 0 Å². The van der Waals surface area contributed by atoms with Gasteiger partial charge in [0, 0.05) is 16.0 Å². The highest BCUT2D eigenvalue weighted by atomic mass is 35.5. The van der Waals surface area contributed by atoms with Crippen molar-refractivity contribution in [3.8, 4) is 0 Å². The van der Waals surface area contributed by atoms with Gasteiger partial charge in [0.2, 0.25) is 5.13 Å². The Bertz CT molecular complexity index is 1300. The third kappa shape index (κ3) is 4.88. The van der Waals surface area contributed by atoms with Gasteiger partial charge in [0.05, 0.1) is 24.1 Å². The molecule has 0 spiro atoms. The van der Waals surface area contributed by atoms with Crippen LogP contribution in [0.15, 0.2) is 59.2 Å². The van der Waals surface area contributed by atoms with E-state index in [1.54, 1.807) is 6.92 Å². The summed E-state index contributed by atoms with van der Waals surface area (Å²) in [6.07, 6.45) is 5.27. The van der Waals surface area contributed by atoms with Crippen LogP contribution in [0.4, 0.5) is 5.13 Å². The van der Waals surface area contributed by atoms with Gasteiger partial charge in [0.1, 0.15) is 4.88 Å². The number of hydrazone groups is 1. The molecule has 2 heterocycles. The fourth-order valence-corrected chi connectivity index (χ4v) is 5.98. The normalized spacial score (nSPS) is 20.6. The van der Waals surface area contributed by atoms with Gasteiger partial charge < -0.3 is 4.74 Å². The lowest BCUT2D eigenvalue weighted by atomic mass is 9.77. The van der Waals surface area contributed by atoms with Crippen LogP contribution in [0.3, 0.4) is 0 Å². The maximum absolute atomic E-state index is 12.5. The Morgan fingerprint density at radius 1 is 1.14 bits per heavy atom. The van der Waals surface area contributed by atoms with Gasteiger partial charge in [-0.25, -0.2) is 14.8 Å². The average molecular weight is 526 g/mol. The van der Waals surface area contributed by atoms with Gasteiger partial charge >= 0.3 is 5.97 Å². The second-order valence-electron chi connectivity index (χ2n) is 8.68. The highest BCUT2D eigenvalue weighted by Gasteiger charge is 2.43. The zero-order valence-electron chi connectivity index (χ0n) is 19.5. The number of ether oxygens (including phenoxy) is 1. The standard InChI is InChI=1S/C27H25Cl2N3O2S/c1-3-34-26(33)25-16(2)30-27(35-25)32-24(18-9-13-21(29)14-10-18)22-6-4-5-19(23(22)31-32)15-17-7-11-20(28)12-8-17/h7-15,22,24H,3-6H2,1-2H3/b19-15+. The van der Waals surface area contributed by atoms with Crippen LogP contribution in [-0.2, 0) is 4.74 Å². The van der Waals surface area contributed by atoms with Crippen LogP contribution in [0.2, 0.25) is 10.0 Å². The zero-order valence-corrected chi connectivity index (χ0v) is 21.8. The average Bonchev–Trinajstić information content (AvgIpc) is 3.43. The van der Waals surface area contributed by atoms with Gasteiger partial charge in [-0.05, 0) is 80.2 Å². The molecule has 1 fully saturated rings. The first-order valence-electron chi connectivity index (χ1n) is 11.7. The van der Waals surface area contributed by atoms with Gasteiger partial charge in [-0.2, -0.15) is 5.10 Å². The first-order valence-corrected chi connectivity index (χ1v) is 13.3. The molecule has 35 heavy (non-hydrogen) atoms. The van der Waals surface area contributed by atoms with Crippen molar-refractivity contribution in [3.05, 3.63) is 85.8 Å². The van der Waals surface area contributed by atoms with Crippen molar-refractivity contribution in [2.24, 2.45) is 11.0 Å². The molecule has 1 aliphatic carbocycles. The van der Waals surface area contributed by atoms with Crippen molar-refractivity contribution >= 4 is 57.4 Å². The maximum atomic E-state index is 12.5. The topological polar surface area (TPSA) is 54.8 Å². The molecule has 3 aromatic rings. The number of hydrogen-bond donors (Lipinski definition) is 0. The highest BCUT2D eigenvalue weighted by molar-refractivity contribution is 7.17. The number of allylic oxidation sites excluding steroid dienone is 1. The van der Waals surface area contributed by atoms with E-state index in [1.807, 2.05) is 48.3 Å². The van der Waals surface area contributed by atoms with Crippen LogP contribution in [0.1, 0.15) is 58.7 Å². The zero-order chi connectivity index (χ0) is 24.5. The fourth-order valence-electron chi connectivity index (χ4n) is 4.78. The molecule has 5 rings (SSSR count). The van der Waals surface area contributed by atoms with Crippen LogP contribution in [0.5, 0.6) is 0 Å². The van der Waals surface area contributed by atoms with E-state index in [-0.39, 0.29) is 17.9 Å². The van der Waals surface area contributed by atoms with Gasteiger partial charge in [-0.1, -0.05) is 58.8 Å². The second kappa shape index (κ2) is 10.1. The Morgan fingerprint density at radius 3 is 2.51 bits per heavy atom. The Morgan fingerprint density at radius 2 is 1.83 bits per heavy atom. The highest BCUT2D eigenvalue weighted by Crippen LogP contribution is 2.47. The molecule has 0 amide bonds.